The van der Waals surface area contributed by atoms with Crippen LogP contribution in [0.4, 0.5) is 0 Å². The molecular formula is C19H36O. The average molecular weight is 280 g/mol. The first-order valence-corrected chi connectivity index (χ1v) is 9.02. The van der Waals surface area contributed by atoms with Crippen LogP contribution in [0.3, 0.4) is 0 Å². The largest absolute Gasteiger partial charge is 0.303 e. The monoisotopic (exact) mass is 280 g/mol. The highest BCUT2D eigenvalue weighted by Gasteiger charge is 2.33. The SMILES string of the molecule is CCCCCCCCC[C@H]1CCC(C)(C)C[C@H]1CC=O. The van der Waals surface area contributed by atoms with Gasteiger partial charge in [-0.25, -0.2) is 0 Å². The molecule has 0 saturated heterocycles. The minimum Gasteiger partial charge on any atom is -0.303 e. The summed E-state index contributed by atoms with van der Waals surface area (Å²) < 4.78 is 0. The average Bonchev–Trinajstić information content (AvgIpc) is 2.39. The maximum Gasteiger partial charge on any atom is 0.120 e. The Hall–Kier alpha value is -0.330. The third-order valence-corrected chi connectivity index (χ3v) is 5.25. The molecule has 1 rings (SSSR count). The molecular weight excluding hydrogens is 244 g/mol. The molecule has 0 heterocycles. The summed E-state index contributed by atoms with van der Waals surface area (Å²) >= 11 is 0. The molecule has 1 aliphatic rings. The van der Waals surface area contributed by atoms with Gasteiger partial charge in [0.1, 0.15) is 6.29 Å². The van der Waals surface area contributed by atoms with E-state index in [-0.39, 0.29) is 0 Å². The van der Waals surface area contributed by atoms with Crippen LogP contribution in [0.2, 0.25) is 0 Å². The molecule has 0 aromatic carbocycles. The Labute approximate surface area is 126 Å². The maximum absolute atomic E-state index is 10.9. The smallest absolute Gasteiger partial charge is 0.120 e. The summed E-state index contributed by atoms with van der Waals surface area (Å²) in [6.07, 6.45) is 17.0. The molecule has 0 N–H and O–H groups in total. The highest BCUT2D eigenvalue weighted by atomic mass is 16.1. The molecule has 0 unspecified atom stereocenters. The zero-order valence-corrected chi connectivity index (χ0v) is 14.1. The molecule has 0 aliphatic heterocycles. The minimum absolute atomic E-state index is 0.463. The Balaban J connectivity index is 2.19. The van der Waals surface area contributed by atoms with Crippen molar-refractivity contribution in [2.75, 3.05) is 0 Å². The van der Waals surface area contributed by atoms with Gasteiger partial charge in [0.15, 0.2) is 0 Å². The van der Waals surface area contributed by atoms with Crippen LogP contribution in [-0.4, -0.2) is 6.29 Å². The van der Waals surface area contributed by atoms with Crippen molar-refractivity contribution < 1.29 is 4.79 Å². The fourth-order valence-corrected chi connectivity index (χ4v) is 3.93. The lowest BCUT2D eigenvalue weighted by atomic mass is 9.65. The summed E-state index contributed by atoms with van der Waals surface area (Å²) in [6, 6.07) is 0. The van der Waals surface area contributed by atoms with Gasteiger partial charge < -0.3 is 4.79 Å². The molecule has 1 heteroatoms. The van der Waals surface area contributed by atoms with Crippen molar-refractivity contribution in [3.8, 4) is 0 Å². The maximum atomic E-state index is 10.9. The van der Waals surface area contributed by atoms with Crippen molar-refractivity contribution in [2.45, 2.75) is 97.8 Å². The topological polar surface area (TPSA) is 17.1 Å². The molecule has 0 aromatic heterocycles. The van der Waals surface area contributed by atoms with Gasteiger partial charge in [-0.05, 0) is 36.5 Å². The molecule has 0 aromatic rings. The van der Waals surface area contributed by atoms with Gasteiger partial charge in [0, 0.05) is 6.42 Å². The van der Waals surface area contributed by atoms with Gasteiger partial charge in [-0.2, -0.15) is 0 Å². The van der Waals surface area contributed by atoms with Gasteiger partial charge in [-0.3, -0.25) is 0 Å². The van der Waals surface area contributed by atoms with Crippen LogP contribution in [0, 0.1) is 17.3 Å². The lowest BCUT2D eigenvalue weighted by molar-refractivity contribution is -0.109. The predicted molar refractivity (Wildman–Crippen MR) is 87.9 cm³/mol. The zero-order chi connectivity index (χ0) is 14.8. The minimum atomic E-state index is 0.463. The number of hydrogen-bond donors (Lipinski definition) is 0. The van der Waals surface area contributed by atoms with E-state index in [2.05, 4.69) is 20.8 Å². The quantitative estimate of drug-likeness (QED) is 0.346. The van der Waals surface area contributed by atoms with Gasteiger partial charge in [0.2, 0.25) is 0 Å². The van der Waals surface area contributed by atoms with E-state index >= 15 is 0 Å². The molecule has 0 bridgehead atoms. The Morgan fingerprint density at radius 2 is 1.65 bits per heavy atom. The second kappa shape index (κ2) is 9.58. The van der Waals surface area contributed by atoms with Crippen molar-refractivity contribution in [2.24, 2.45) is 17.3 Å². The number of carbonyl (C=O) groups is 1. The van der Waals surface area contributed by atoms with E-state index in [0.717, 1.165) is 18.6 Å². The number of carbonyl (C=O) groups excluding carboxylic acids is 1. The fourth-order valence-electron chi connectivity index (χ4n) is 3.93. The molecule has 1 nitrogen and oxygen atoms in total. The van der Waals surface area contributed by atoms with Gasteiger partial charge in [0.25, 0.3) is 0 Å². The first-order chi connectivity index (χ1) is 9.59. The molecule has 2 atom stereocenters. The molecule has 1 aliphatic carbocycles. The highest BCUT2D eigenvalue weighted by Crippen LogP contribution is 2.44. The van der Waals surface area contributed by atoms with Gasteiger partial charge in [-0.1, -0.05) is 72.1 Å². The van der Waals surface area contributed by atoms with E-state index in [1.165, 1.54) is 70.6 Å². The van der Waals surface area contributed by atoms with E-state index in [0.29, 0.717) is 11.3 Å². The van der Waals surface area contributed by atoms with Crippen LogP contribution in [-0.2, 0) is 4.79 Å². The van der Waals surface area contributed by atoms with Crippen LogP contribution < -0.4 is 0 Å². The summed E-state index contributed by atoms with van der Waals surface area (Å²) in [4.78, 5) is 10.9. The Bertz CT molecular complexity index is 256. The molecule has 20 heavy (non-hydrogen) atoms. The third-order valence-electron chi connectivity index (χ3n) is 5.25. The van der Waals surface area contributed by atoms with Crippen molar-refractivity contribution in [3.05, 3.63) is 0 Å². The van der Waals surface area contributed by atoms with E-state index in [1.54, 1.807) is 0 Å². The van der Waals surface area contributed by atoms with E-state index in [1.807, 2.05) is 0 Å². The van der Waals surface area contributed by atoms with Crippen molar-refractivity contribution in [1.82, 2.24) is 0 Å². The van der Waals surface area contributed by atoms with E-state index in [4.69, 9.17) is 0 Å². The number of hydrogen-bond acceptors (Lipinski definition) is 1. The van der Waals surface area contributed by atoms with Crippen LogP contribution in [0.25, 0.3) is 0 Å². The van der Waals surface area contributed by atoms with Crippen LogP contribution in [0.1, 0.15) is 97.8 Å². The van der Waals surface area contributed by atoms with Crippen LogP contribution in [0.15, 0.2) is 0 Å². The Kier molecular flexibility index (Phi) is 8.49. The highest BCUT2D eigenvalue weighted by molar-refractivity contribution is 5.49. The lowest BCUT2D eigenvalue weighted by Crippen LogP contribution is -2.30. The number of unbranched alkanes of at least 4 members (excludes halogenated alkanes) is 6. The van der Waals surface area contributed by atoms with Crippen molar-refractivity contribution in [1.29, 1.82) is 0 Å². The standard InChI is InChI=1S/C19H36O/c1-4-5-6-7-8-9-10-11-17-12-14-19(2,3)16-18(17)13-15-20/h15,17-18H,4-14,16H2,1-3H3/t17-,18+/m0/s1. The molecule has 1 fully saturated rings. The van der Waals surface area contributed by atoms with Gasteiger partial charge >= 0.3 is 0 Å². The van der Waals surface area contributed by atoms with Gasteiger partial charge in [0.05, 0.1) is 0 Å². The Morgan fingerprint density at radius 1 is 1.00 bits per heavy atom. The Morgan fingerprint density at radius 3 is 2.30 bits per heavy atom. The van der Waals surface area contributed by atoms with E-state index in [9.17, 15) is 4.79 Å². The molecule has 118 valence electrons. The molecule has 1 saturated carbocycles. The fraction of sp³-hybridized carbons (Fsp3) is 0.947. The summed E-state index contributed by atoms with van der Waals surface area (Å²) in [7, 11) is 0. The first kappa shape index (κ1) is 17.7. The normalized spacial score (nSPS) is 25.6. The summed E-state index contributed by atoms with van der Waals surface area (Å²) in [5.74, 6) is 1.49. The zero-order valence-electron chi connectivity index (χ0n) is 14.1. The van der Waals surface area contributed by atoms with Crippen LogP contribution in [0.5, 0.6) is 0 Å². The summed E-state index contributed by atoms with van der Waals surface area (Å²) in [6.45, 7) is 7.02. The first-order valence-electron chi connectivity index (χ1n) is 9.02. The number of rotatable bonds is 10. The second-order valence-electron chi connectivity index (χ2n) is 7.74. The lowest BCUT2D eigenvalue weighted by Gasteiger charge is -2.40. The molecule has 0 radical (unpaired) electrons. The summed E-state index contributed by atoms with van der Waals surface area (Å²) in [5.41, 5.74) is 0.463. The molecule has 0 amide bonds. The second-order valence-corrected chi connectivity index (χ2v) is 7.74. The summed E-state index contributed by atoms with van der Waals surface area (Å²) in [5, 5.41) is 0. The number of aldehydes is 1. The molecule has 0 spiro atoms. The van der Waals surface area contributed by atoms with Crippen molar-refractivity contribution >= 4 is 6.29 Å². The predicted octanol–water partition coefficient (Wildman–Crippen LogP) is 6.16. The van der Waals surface area contributed by atoms with Crippen molar-refractivity contribution in [3.63, 3.8) is 0 Å². The van der Waals surface area contributed by atoms with E-state index < -0.39 is 0 Å². The van der Waals surface area contributed by atoms with Gasteiger partial charge in [-0.15, -0.1) is 0 Å². The third kappa shape index (κ3) is 6.90. The van der Waals surface area contributed by atoms with Crippen LogP contribution >= 0.6 is 0 Å².